The quantitative estimate of drug-likeness (QED) is 0.430. The molecule has 0 saturated heterocycles. The van der Waals surface area contributed by atoms with Gasteiger partial charge in [-0.05, 0) is 56.0 Å². The van der Waals surface area contributed by atoms with Crippen molar-refractivity contribution in [3.05, 3.63) is 75.8 Å². The lowest BCUT2D eigenvalue weighted by atomic mass is 10.2. The Morgan fingerprint density at radius 2 is 2.00 bits per heavy atom. The highest BCUT2D eigenvalue weighted by Crippen LogP contribution is 2.15. The van der Waals surface area contributed by atoms with Crippen molar-refractivity contribution in [1.29, 1.82) is 0 Å². The molecule has 4 rings (SSSR count). The van der Waals surface area contributed by atoms with Gasteiger partial charge in [0, 0.05) is 18.0 Å². The van der Waals surface area contributed by atoms with Crippen LogP contribution in [0.15, 0.2) is 48.0 Å². The summed E-state index contributed by atoms with van der Waals surface area (Å²) in [6, 6.07) is 12.0. The third-order valence-electron chi connectivity index (χ3n) is 4.68. The highest BCUT2D eigenvalue weighted by molar-refractivity contribution is 7.09. The van der Waals surface area contributed by atoms with E-state index in [1.807, 2.05) is 48.7 Å². The summed E-state index contributed by atoms with van der Waals surface area (Å²) in [4.78, 5) is 29.0. The Bertz CT molecular complexity index is 1080. The average molecular weight is 406 g/mol. The van der Waals surface area contributed by atoms with Crippen LogP contribution in [0.5, 0.6) is 0 Å². The predicted molar refractivity (Wildman–Crippen MR) is 115 cm³/mol. The molecule has 4 aromatic rings. The van der Waals surface area contributed by atoms with Gasteiger partial charge in [-0.1, -0.05) is 12.1 Å². The van der Waals surface area contributed by atoms with Crippen LogP contribution >= 0.6 is 11.3 Å². The second-order valence-corrected chi connectivity index (χ2v) is 7.98. The van der Waals surface area contributed by atoms with Crippen LogP contribution < -0.4 is 5.32 Å². The first kappa shape index (κ1) is 19.3. The fraction of sp³-hybridized carbons (Fsp3) is 0.273. The van der Waals surface area contributed by atoms with E-state index in [9.17, 15) is 4.79 Å². The van der Waals surface area contributed by atoms with Crippen molar-refractivity contribution >= 4 is 28.3 Å². The number of amides is 1. The van der Waals surface area contributed by atoms with E-state index in [1.165, 1.54) is 0 Å². The number of carbonyl (C=O) groups excluding carboxylic acids is 1. The topological polar surface area (TPSA) is 83.6 Å². The number of rotatable bonds is 8. The van der Waals surface area contributed by atoms with Crippen LogP contribution in [0.4, 0.5) is 0 Å². The fourth-order valence-electron chi connectivity index (χ4n) is 3.18. The molecule has 0 bridgehead atoms. The first-order valence-electron chi connectivity index (χ1n) is 9.75. The molecule has 29 heavy (non-hydrogen) atoms. The molecule has 6 nitrogen and oxygen atoms in total. The minimum atomic E-state index is -0.155. The largest absolute Gasteiger partial charge is 0.345 e. The summed E-state index contributed by atoms with van der Waals surface area (Å²) in [7, 11) is 0. The van der Waals surface area contributed by atoms with Gasteiger partial charge in [0.05, 0.1) is 28.3 Å². The molecule has 3 aromatic heterocycles. The molecule has 0 aliphatic carbocycles. The second kappa shape index (κ2) is 8.96. The van der Waals surface area contributed by atoms with Crippen molar-refractivity contribution in [3.8, 4) is 0 Å². The molecule has 0 unspecified atom stereocenters. The first-order chi connectivity index (χ1) is 14.2. The van der Waals surface area contributed by atoms with Crippen LogP contribution in [0, 0.1) is 6.92 Å². The number of fused-ring (bicyclic) bond motifs is 1. The zero-order chi connectivity index (χ0) is 20.1. The Kier molecular flexibility index (Phi) is 5.95. The Balaban J connectivity index is 1.23. The van der Waals surface area contributed by atoms with Crippen LogP contribution in [0.25, 0.3) is 11.0 Å². The predicted octanol–water partition coefficient (Wildman–Crippen LogP) is 4.22. The number of pyridine rings is 1. The number of H-pyrrole nitrogens is 1. The van der Waals surface area contributed by atoms with Crippen molar-refractivity contribution in [1.82, 2.24) is 25.3 Å². The molecule has 3 heterocycles. The third kappa shape index (κ3) is 5.06. The fourth-order valence-corrected chi connectivity index (χ4v) is 4.00. The van der Waals surface area contributed by atoms with Gasteiger partial charge >= 0.3 is 0 Å². The van der Waals surface area contributed by atoms with Crippen molar-refractivity contribution in [2.45, 2.75) is 39.2 Å². The van der Waals surface area contributed by atoms with E-state index in [4.69, 9.17) is 0 Å². The number of para-hydroxylation sites is 2. The molecule has 0 spiro atoms. The molecule has 1 amide bonds. The third-order valence-corrected chi connectivity index (χ3v) is 5.59. The number of hydrogen-bond acceptors (Lipinski definition) is 5. The van der Waals surface area contributed by atoms with Gasteiger partial charge in [0.2, 0.25) is 0 Å². The number of aromatic nitrogens is 4. The van der Waals surface area contributed by atoms with Crippen LogP contribution in [0.1, 0.15) is 45.4 Å². The van der Waals surface area contributed by atoms with E-state index in [0.29, 0.717) is 12.2 Å². The van der Waals surface area contributed by atoms with Crippen LogP contribution in [-0.2, 0) is 19.4 Å². The molecule has 0 aliphatic rings. The zero-order valence-corrected chi connectivity index (χ0v) is 17.1. The summed E-state index contributed by atoms with van der Waals surface area (Å²) in [6.45, 7) is 2.42. The lowest BCUT2D eigenvalue weighted by Crippen LogP contribution is -2.23. The molecule has 7 heteroatoms. The molecular formula is C22H23N5OS. The number of hydrogen-bond donors (Lipinski definition) is 2. The molecule has 0 atom stereocenters. The molecule has 2 N–H and O–H groups in total. The lowest BCUT2D eigenvalue weighted by molar-refractivity contribution is 0.0946. The summed E-state index contributed by atoms with van der Waals surface area (Å²) < 4.78 is 0. The Morgan fingerprint density at radius 3 is 2.86 bits per heavy atom. The summed E-state index contributed by atoms with van der Waals surface area (Å²) in [6.07, 6.45) is 5.58. The number of thiazole rings is 1. The number of unbranched alkanes of at least 4 members (excludes halogenated alkanes) is 1. The van der Waals surface area contributed by atoms with E-state index in [1.54, 1.807) is 17.5 Å². The number of aryl methyl sites for hydroxylation is 3. The number of nitrogens with one attached hydrogen (secondary N) is 2. The Labute approximate surface area is 173 Å². The van der Waals surface area contributed by atoms with Crippen LogP contribution in [0.2, 0.25) is 0 Å². The maximum absolute atomic E-state index is 12.3. The van der Waals surface area contributed by atoms with Gasteiger partial charge < -0.3 is 10.3 Å². The molecule has 1 aromatic carbocycles. The molecule has 0 radical (unpaired) electrons. The first-order valence-corrected chi connectivity index (χ1v) is 10.6. The van der Waals surface area contributed by atoms with Gasteiger partial charge in [-0.3, -0.25) is 9.78 Å². The van der Waals surface area contributed by atoms with E-state index >= 15 is 0 Å². The molecule has 0 aliphatic heterocycles. The number of nitrogens with zero attached hydrogens (tertiary/aromatic N) is 3. The number of benzene rings is 1. The molecular weight excluding hydrogens is 382 g/mol. The Morgan fingerprint density at radius 1 is 1.14 bits per heavy atom. The number of imidazole rings is 1. The van der Waals surface area contributed by atoms with E-state index in [2.05, 4.69) is 25.3 Å². The maximum atomic E-state index is 12.3. The molecule has 0 fully saturated rings. The smallest absolute Gasteiger partial charge is 0.271 e. The highest BCUT2D eigenvalue weighted by Gasteiger charge is 2.11. The Hall–Kier alpha value is -3.06. The summed E-state index contributed by atoms with van der Waals surface area (Å²) in [5.41, 5.74) is 4.55. The maximum Gasteiger partial charge on any atom is 0.271 e. The summed E-state index contributed by atoms with van der Waals surface area (Å²) >= 11 is 1.54. The minimum Gasteiger partial charge on any atom is -0.345 e. The molecule has 0 saturated carbocycles. The van der Waals surface area contributed by atoms with Crippen molar-refractivity contribution < 1.29 is 4.79 Å². The summed E-state index contributed by atoms with van der Waals surface area (Å²) in [5.74, 6) is 0.869. The van der Waals surface area contributed by atoms with Gasteiger partial charge in [-0.2, -0.15) is 0 Å². The standard InChI is InChI=1S/C22H23N5OS/c1-15-10-11-23-16(12-15)13-24-22(28)19-14-29-21(27-19)9-5-4-8-20-25-17-6-2-3-7-18(17)26-20/h2-3,6-7,10-12,14H,4-5,8-9,13H2,1H3,(H,24,28)(H,25,26). The van der Waals surface area contributed by atoms with Crippen LogP contribution in [-0.4, -0.2) is 25.8 Å². The number of aromatic amines is 1. The van der Waals surface area contributed by atoms with E-state index < -0.39 is 0 Å². The van der Waals surface area contributed by atoms with Gasteiger partial charge in [-0.15, -0.1) is 11.3 Å². The normalized spacial score (nSPS) is 11.1. The highest BCUT2D eigenvalue weighted by atomic mass is 32.1. The van der Waals surface area contributed by atoms with Gasteiger partial charge in [-0.25, -0.2) is 9.97 Å². The zero-order valence-electron chi connectivity index (χ0n) is 16.3. The molecule has 148 valence electrons. The number of carbonyl (C=O) groups is 1. The van der Waals surface area contributed by atoms with Crippen LogP contribution in [0.3, 0.4) is 0 Å². The average Bonchev–Trinajstić information content (AvgIpc) is 3.36. The lowest BCUT2D eigenvalue weighted by Gasteiger charge is -2.03. The van der Waals surface area contributed by atoms with Gasteiger partial charge in [0.15, 0.2) is 0 Å². The van der Waals surface area contributed by atoms with E-state index in [0.717, 1.165) is 58.8 Å². The van der Waals surface area contributed by atoms with Crippen molar-refractivity contribution in [2.24, 2.45) is 0 Å². The van der Waals surface area contributed by atoms with E-state index in [-0.39, 0.29) is 5.91 Å². The van der Waals surface area contributed by atoms with Gasteiger partial charge in [0.1, 0.15) is 11.5 Å². The van der Waals surface area contributed by atoms with Crippen molar-refractivity contribution in [2.75, 3.05) is 0 Å². The monoisotopic (exact) mass is 405 g/mol. The minimum absolute atomic E-state index is 0.155. The van der Waals surface area contributed by atoms with Crippen molar-refractivity contribution in [3.63, 3.8) is 0 Å². The second-order valence-electron chi connectivity index (χ2n) is 7.04. The summed E-state index contributed by atoms with van der Waals surface area (Å²) in [5, 5.41) is 5.71. The van der Waals surface area contributed by atoms with Gasteiger partial charge in [0.25, 0.3) is 5.91 Å². The SMILES string of the molecule is Cc1ccnc(CNC(=O)c2csc(CCCCc3nc4ccccc4[nH]3)n2)c1.